The van der Waals surface area contributed by atoms with Gasteiger partial charge in [0.15, 0.2) is 0 Å². The van der Waals surface area contributed by atoms with E-state index < -0.39 is 0 Å². The summed E-state index contributed by atoms with van der Waals surface area (Å²) in [6.07, 6.45) is 0. The lowest BCUT2D eigenvalue weighted by molar-refractivity contribution is 0.633. The molecule has 0 aliphatic heterocycles. The fraction of sp³-hybridized carbons (Fsp3) is 0.273. The molecule has 0 aliphatic rings. The SMILES string of the molecule is Cc1c(CCl)nnn1Cc1cccc(Cl)c1. The fourth-order valence-corrected chi connectivity index (χ4v) is 1.94. The minimum Gasteiger partial charge on any atom is -0.245 e. The van der Waals surface area contributed by atoms with Crippen molar-refractivity contribution in [3.63, 3.8) is 0 Å². The van der Waals surface area contributed by atoms with Crippen LogP contribution in [-0.4, -0.2) is 15.0 Å². The number of hydrogen-bond acceptors (Lipinski definition) is 2. The van der Waals surface area contributed by atoms with Crippen molar-refractivity contribution >= 4 is 23.2 Å². The molecular formula is C11H11Cl2N3. The number of nitrogens with zero attached hydrogens (tertiary/aromatic N) is 3. The average Bonchev–Trinajstić information content (AvgIpc) is 2.60. The first kappa shape index (κ1) is 11.4. The molecule has 16 heavy (non-hydrogen) atoms. The maximum atomic E-state index is 5.92. The number of halogens is 2. The Morgan fingerprint density at radius 1 is 1.38 bits per heavy atom. The Morgan fingerprint density at radius 2 is 2.19 bits per heavy atom. The van der Waals surface area contributed by atoms with Gasteiger partial charge in [0.05, 0.1) is 18.1 Å². The van der Waals surface area contributed by atoms with Crippen LogP contribution in [0.15, 0.2) is 24.3 Å². The van der Waals surface area contributed by atoms with Crippen LogP contribution in [0.5, 0.6) is 0 Å². The molecule has 0 aliphatic carbocycles. The molecule has 0 saturated carbocycles. The Bertz CT molecular complexity index is 494. The van der Waals surface area contributed by atoms with Crippen molar-refractivity contribution in [3.05, 3.63) is 46.2 Å². The van der Waals surface area contributed by atoms with Gasteiger partial charge in [0.25, 0.3) is 0 Å². The number of aromatic nitrogens is 3. The van der Waals surface area contributed by atoms with E-state index >= 15 is 0 Å². The van der Waals surface area contributed by atoms with Crippen molar-refractivity contribution in [2.24, 2.45) is 0 Å². The Hall–Kier alpha value is -1.06. The molecule has 0 bridgehead atoms. The molecule has 0 fully saturated rings. The van der Waals surface area contributed by atoms with Crippen LogP contribution in [0.2, 0.25) is 5.02 Å². The molecule has 1 heterocycles. The highest BCUT2D eigenvalue weighted by Crippen LogP contribution is 2.13. The second-order valence-corrected chi connectivity index (χ2v) is 4.25. The van der Waals surface area contributed by atoms with Gasteiger partial charge >= 0.3 is 0 Å². The topological polar surface area (TPSA) is 30.7 Å². The first-order chi connectivity index (χ1) is 7.70. The highest BCUT2D eigenvalue weighted by atomic mass is 35.5. The number of alkyl halides is 1. The number of benzene rings is 1. The summed E-state index contributed by atoms with van der Waals surface area (Å²) in [4.78, 5) is 0. The quantitative estimate of drug-likeness (QED) is 0.790. The normalized spacial score (nSPS) is 10.7. The zero-order chi connectivity index (χ0) is 11.5. The minimum atomic E-state index is 0.390. The summed E-state index contributed by atoms with van der Waals surface area (Å²) in [5, 5.41) is 8.78. The van der Waals surface area contributed by atoms with E-state index in [4.69, 9.17) is 23.2 Å². The molecule has 0 unspecified atom stereocenters. The second-order valence-electron chi connectivity index (χ2n) is 3.54. The maximum absolute atomic E-state index is 5.92. The van der Waals surface area contributed by atoms with E-state index in [0.29, 0.717) is 12.4 Å². The smallest absolute Gasteiger partial charge is 0.100 e. The highest BCUT2D eigenvalue weighted by Gasteiger charge is 2.07. The summed E-state index contributed by atoms with van der Waals surface area (Å²) >= 11 is 11.7. The third-order valence-corrected chi connectivity index (χ3v) is 2.91. The van der Waals surface area contributed by atoms with E-state index in [1.54, 1.807) is 0 Å². The van der Waals surface area contributed by atoms with E-state index in [0.717, 1.165) is 22.0 Å². The zero-order valence-electron chi connectivity index (χ0n) is 8.82. The van der Waals surface area contributed by atoms with Gasteiger partial charge in [0.1, 0.15) is 5.69 Å². The van der Waals surface area contributed by atoms with Gasteiger partial charge in [-0.05, 0) is 24.6 Å². The average molecular weight is 256 g/mol. The Balaban J connectivity index is 2.24. The summed E-state index contributed by atoms with van der Waals surface area (Å²) in [6.45, 7) is 2.62. The predicted molar refractivity (Wildman–Crippen MR) is 64.9 cm³/mol. The summed E-state index contributed by atoms with van der Waals surface area (Å²) in [6, 6.07) is 7.70. The van der Waals surface area contributed by atoms with Crippen LogP contribution in [0.4, 0.5) is 0 Å². The van der Waals surface area contributed by atoms with Crippen molar-refractivity contribution in [3.8, 4) is 0 Å². The summed E-state index contributed by atoms with van der Waals surface area (Å²) in [5.74, 6) is 0.390. The van der Waals surface area contributed by atoms with Gasteiger partial charge in [-0.15, -0.1) is 16.7 Å². The van der Waals surface area contributed by atoms with Gasteiger partial charge in [0, 0.05) is 5.02 Å². The number of hydrogen-bond donors (Lipinski definition) is 0. The van der Waals surface area contributed by atoms with Gasteiger partial charge in [-0.25, -0.2) is 4.68 Å². The van der Waals surface area contributed by atoms with Crippen LogP contribution < -0.4 is 0 Å². The lowest BCUT2D eigenvalue weighted by Gasteiger charge is -2.04. The lowest BCUT2D eigenvalue weighted by atomic mass is 10.2. The standard InChI is InChI=1S/C11H11Cl2N3/c1-8-11(6-12)14-15-16(8)7-9-3-2-4-10(13)5-9/h2-5H,6-7H2,1H3. The van der Waals surface area contributed by atoms with Crippen LogP contribution in [0.3, 0.4) is 0 Å². The maximum Gasteiger partial charge on any atom is 0.100 e. The third kappa shape index (κ3) is 2.36. The molecule has 0 amide bonds. The van der Waals surface area contributed by atoms with Crippen molar-refractivity contribution in [1.29, 1.82) is 0 Å². The van der Waals surface area contributed by atoms with Crippen molar-refractivity contribution in [2.75, 3.05) is 0 Å². The van der Waals surface area contributed by atoms with E-state index in [2.05, 4.69) is 10.3 Å². The van der Waals surface area contributed by atoms with E-state index in [9.17, 15) is 0 Å². The first-order valence-corrected chi connectivity index (χ1v) is 5.81. The highest BCUT2D eigenvalue weighted by molar-refractivity contribution is 6.30. The third-order valence-electron chi connectivity index (χ3n) is 2.43. The molecule has 0 N–H and O–H groups in total. The molecule has 3 nitrogen and oxygen atoms in total. The Morgan fingerprint density at radius 3 is 2.81 bits per heavy atom. The summed E-state index contributed by atoms with van der Waals surface area (Å²) < 4.78 is 1.82. The molecule has 84 valence electrons. The Kier molecular flexibility index (Phi) is 3.46. The Labute approximate surface area is 104 Å². The monoisotopic (exact) mass is 255 g/mol. The molecule has 2 rings (SSSR count). The van der Waals surface area contributed by atoms with Crippen LogP contribution in [-0.2, 0) is 12.4 Å². The van der Waals surface area contributed by atoms with Gasteiger partial charge in [-0.3, -0.25) is 0 Å². The van der Waals surface area contributed by atoms with Crippen LogP contribution >= 0.6 is 23.2 Å². The molecule has 5 heteroatoms. The minimum absolute atomic E-state index is 0.390. The first-order valence-electron chi connectivity index (χ1n) is 4.90. The van der Waals surface area contributed by atoms with Crippen LogP contribution in [0, 0.1) is 6.92 Å². The van der Waals surface area contributed by atoms with Gasteiger partial charge in [-0.2, -0.15) is 0 Å². The van der Waals surface area contributed by atoms with E-state index in [-0.39, 0.29) is 0 Å². The van der Waals surface area contributed by atoms with E-state index in [1.807, 2.05) is 35.9 Å². The van der Waals surface area contributed by atoms with Gasteiger partial charge in [-0.1, -0.05) is 28.9 Å². The van der Waals surface area contributed by atoms with Crippen LogP contribution in [0.25, 0.3) is 0 Å². The van der Waals surface area contributed by atoms with E-state index in [1.165, 1.54) is 0 Å². The van der Waals surface area contributed by atoms with Crippen LogP contribution in [0.1, 0.15) is 17.0 Å². The molecule has 0 radical (unpaired) electrons. The molecule has 0 atom stereocenters. The fourth-order valence-electron chi connectivity index (χ4n) is 1.48. The second kappa shape index (κ2) is 4.85. The molecule has 0 spiro atoms. The largest absolute Gasteiger partial charge is 0.245 e. The molecule has 1 aromatic heterocycles. The van der Waals surface area contributed by atoms with Gasteiger partial charge in [0.2, 0.25) is 0 Å². The molecule has 1 aromatic carbocycles. The number of rotatable bonds is 3. The molecule has 2 aromatic rings. The van der Waals surface area contributed by atoms with Crippen molar-refractivity contribution < 1.29 is 0 Å². The zero-order valence-corrected chi connectivity index (χ0v) is 10.3. The predicted octanol–water partition coefficient (Wildman–Crippen LogP) is 3.03. The van der Waals surface area contributed by atoms with Crippen molar-refractivity contribution in [1.82, 2.24) is 15.0 Å². The lowest BCUT2D eigenvalue weighted by Crippen LogP contribution is -2.04. The summed E-state index contributed by atoms with van der Waals surface area (Å²) in [5.41, 5.74) is 2.92. The summed E-state index contributed by atoms with van der Waals surface area (Å²) in [7, 11) is 0. The molecular weight excluding hydrogens is 245 g/mol. The molecule has 0 saturated heterocycles. The van der Waals surface area contributed by atoms with Gasteiger partial charge < -0.3 is 0 Å². The van der Waals surface area contributed by atoms with Crippen molar-refractivity contribution in [2.45, 2.75) is 19.3 Å².